The van der Waals surface area contributed by atoms with E-state index in [1.54, 1.807) is 6.20 Å². The van der Waals surface area contributed by atoms with Crippen LogP contribution in [-0.2, 0) is 11.2 Å². The SMILES string of the molecule is CC(c1ccc(CCC(=O)O)cc1)c1cccnc1.Cl. The monoisotopic (exact) mass is 291 g/mol. The smallest absolute Gasteiger partial charge is 0.303 e. The van der Waals surface area contributed by atoms with Crippen molar-refractivity contribution in [2.45, 2.75) is 25.7 Å². The lowest BCUT2D eigenvalue weighted by Gasteiger charge is -2.12. The van der Waals surface area contributed by atoms with Crippen LogP contribution in [0.2, 0.25) is 0 Å². The van der Waals surface area contributed by atoms with Gasteiger partial charge in [-0.3, -0.25) is 9.78 Å². The van der Waals surface area contributed by atoms with E-state index in [4.69, 9.17) is 5.11 Å². The van der Waals surface area contributed by atoms with Gasteiger partial charge in [0, 0.05) is 24.7 Å². The molecule has 0 bridgehead atoms. The van der Waals surface area contributed by atoms with Crippen LogP contribution in [0.5, 0.6) is 0 Å². The minimum atomic E-state index is -0.757. The van der Waals surface area contributed by atoms with Crippen molar-refractivity contribution in [1.82, 2.24) is 4.98 Å². The molecule has 1 heterocycles. The van der Waals surface area contributed by atoms with Crippen LogP contribution in [0.25, 0.3) is 0 Å². The van der Waals surface area contributed by atoms with E-state index in [0.29, 0.717) is 12.3 Å². The molecule has 0 saturated heterocycles. The van der Waals surface area contributed by atoms with Crippen LogP contribution in [0, 0.1) is 0 Å². The van der Waals surface area contributed by atoms with Crippen LogP contribution >= 0.6 is 12.4 Å². The normalized spacial score (nSPS) is 11.4. The molecule has 0 spiro atoms. The molecule has 1 aromatic heterocycles. The van der Waals surface area contributed by atoms with Crippen LogP contribution in [0.4, 0.5) is 0 Å². The maximum absolute atomic E-state index is 10.5. The van der Waals surface area contributed by atoms with Gasteiger partial charge in [-0.1, -0.05) is 37.3 Å². The van der Waals surface area contributed by atoms with E-state index in [1.165, 1.54) is 11.1 Å². The third-order valence-electron chi connectivity index (χ3n) is 3.29. The molecule has 4 heteroatoms. The fourth-order valence-corrected chi connectivity index (χ4v) is 2.05. The first kappa shape index (κ1) is 16.2. The molecule has 2 aromatic rings. The summed E-state index contributed by atoms with van der Waals surface area (Å²) in [5.41, 5.74) is 3.46. The Labute approximate surface area is 125 Å². The molecule has 0 aliphatic rings. The predicted molar refractivity (Wildman–Crippen MR) is 81.4 cm³/mol. The quantitative estimate of drug-likeness (QED) is 0.914. The van der Waals surface area contributed by atoms with Gasteiger partial charge < -0.3 is 5.11 Å². The Morgan fingerprint density at radius 3 is 2.45 bits per heavy atom. The maximum atomic E-state index is 10.5. The van der Waals surface area contributed by atoms with E-state index in [0.717, 1.165) is 5.56 Å². The van der Waals surface area contributed by atoms with Gasteiger partial charge in [-0.15, -0.1) is 12.4 Å². The summed E-state index contributed by atoms with van der Waals surface area (Å²) in [6, 6.07) is 12.1. The number of aryl methyl sites for hydroxylation is 1. The molecule has 0 amide bonds. The van der Waals surface area contributed by atoms with Gasteiger partial charge >= 0.3 is 5.97 Å². The van der Waals surface area contributed by atoms with Gasteiger partial charge in [-0.25, -0.2) is 0 Å². The van der Waals surface area contributed by atoms with Crippen molar-refractivity contribution >= 4 is 18.4 Å². The van der Waals surface area contributed by atoms with Gasteiger partial charge in [0.05, 0.1) is 0 Å². The van der Waals surface area contributed by atoms with Crippen molar-refractivity contribution in [3.63, 3.8) is 0 Å². The summed E-state index contributed by atoms with van der Waals surface area (Å²) in [6.07, 6.45) is 4.41. The number of carbonyl (C=O) groups is 1. The Morgan fingerprint density at radius 2 is 1.90 bits per heavy atom. The zero-order chi connectivity index (χ0) is 13.7. The molecule has 106 valence electrons. The highest BCUT2D eigenvalue weighted by Gasteiger charge is 2.08. The summed E-state index contributed by atoms with van der Waals surface area (Å²) in [7, 11) is 0. The number of aliphatic carboxylic acids is 1. The summed E-state index contributed by atoms with van der Waals surface area (Å²) < 4.78 is 0. The van der Waals surface area contributed by atoms with Gasteiger partial charge in [0.2, 0.25) is 0 Å². The third-order valence-corrected chi connectivity index (χ3v) is 3.29. The van der Waals surface area contributed by atoms with Crippen LogP contribution in [0.1, 0.15) is 36.0 Å². The molecule has 20 heavy (non-hydrogen) atoms. The Kier molecular flexibility index (Phi) is 6.19. The molecule has 2 rings (SSSR count). The second-order valence-electron chi connectivity index (χ2n) is 4.64. The highest BCUT2D eigenvalue weighted by molar-refractivity contribution is 5.85. The first-order valence-corrected chi connectivity index (χ1v) is 6.37. The average Bonchev–Trinajstić information content (AvgIpc) is 2.46. The summed E-state index contributed by atoms with van der Waals surface area (Å²) in [6.45, 7) is 2.14. The second-order valence-corrected chi connectivity index (χ2v) is 4.64. The number of halogens is 1. The summed E-state index contributed by atoms with van der Waals surface area (Å²) >= 11 is 0. The fourth-order valence-electron chi connectivity index (χ4n) is 2.05. The zero-order valence-corrected chi connectivity index (χ0v) is 12.1. The molecule has 0 radical (unpaired) electrons. The number of rotatable bonds is 5. The molecule has 0 saturated carbocycles. The molecule has 0 aliphatic heterocycles. The van der Waals surface area contributed by atoms with Crippen molar-refractivity contribution in [2.24, 2.45) is 0 Å². The molecule has 3 nitrogen and oxygen atoms in total. The molecule has 0 aliphatic carbocycles. The summed E-state index contributed by atoms with van der Waals surface area (Å²) in [4.78, 5) is 14.7. The van der Waals surface area contributed by atoms with E-state index in [9.17, 15) is 4.79 Å². The van der Waals surface area contributed by atoms with Crippen molar-refractivity contribution in [2.75, 3.05) is 0 Å². The molecule has 1 N–H and O–H groups in total. The topological polar surface area (TPSA) is 50.2 Å². The van der Waals surface area contributed by atoms with Crippen LogP contribution in [0.3, 0.4) is 0 Å². The number of nitrogens with zero attached hydrogens (tertiary/aromatic N) is 1. The predicted octanol–water partition coefficient (Wildman–Crippen LogP) is 3.67. The highest BCUT2D eigenvalue weighted by atomic mass is 35.5. The van der Waals surface area contributed by atoms with Crippen LogP contribution in [-0.4, -0.2) is 16.1 Å². The largest absolute Gasteiger partial charge is 0.481 e. The first-order chi connectivity index (χ1) is 9.16. The maximum Gasteiger partial charge on any atom is 0.303 e. The van der Waals surface area contributed by atoms with Crippen LogP contribution in [0.15, 0.2) is 48.8 Å². The lowest BCUT2D eigenvalue weighted by molar-refractivity contribution is -0.136. The molecule has 1 aromatic carbocycles. The first-order valence-electron chi connectivity index (χ1n) is 6.37. The number of hydrogen-bond donors (Lipinski definition) is 1. The fraction of sp³-hybridized carbons (Fsp3) is 0.250. The Bertz CT molecular complexity index is 540. The van der Waals surface area contributed by atoms with Crippen molar-refractivity contribution in [3.05, 3.63) is 65.5 Å². The van der Waals surface area contributed by atoms with Crippen molar-refractivity contribution in [1.29, 1.82) is 0 Å². The van der Waals surface area contributed by atoms with E-state index >= 15 is 0 Å². The highest BCUT2D eigenvalue weighted by Crippen LogP contribution is 2.23. The molecule has 1 atom stereocenters. The Morgan fingerprint density at radius 1 is 1.20 bits per heavy atom. The second kappa shape index (κ2) is 7.65. The Hall–Kier alpha value is -1.87. The number of hydrogen-bond acceptors (Lipinski definition) is 2. The number of pyridine rings is 1. The average molecular weight is 292 g/mol. The van der Waals surface area contributed by atoms with Crippen molar-refractivity contribution in [3.8, 4) is 0 Å². The zero-order valence-electron chi connectivity index (χ0n) is 11.3. The van der Waals surface area contributed by atoms with E-state index in [2.05, 4.69) is 30.1 Å². The lowest BCUT2D eigenvalue weighted by Crippen LogP contribution is -1.99. The number of carboxylic acids is 1. The summed E-state index contributed by atoms with van der Waals surface area (Å²) in [5.74, 6) is -0.463. The lowest BCUT2D eigenvalue weighted by atomic mass is 9.93. The Balaban J connectivity index is 0.00000200. The number of carboxylic acid groups (broad SMARTS) is 1. The van der Waals surface area contributed by atoms with E-state index in [1.807, 2.05) is 24.4 Å². The summed E-state index contributed by atoms with van der Waals surface area (Å²) in [5, 5.41) is 8.66. The van der Waals surface area contributed by atoms with Gasteiger partial charge in [-0.05, 0) is 29.2 Å². The molecule has 0 fully saturated rings. The van der Waals surface area contributed by atoms with Gasteiger partial charge in [0.1, 0.15) is 0 Å². The molecular weight excluding hydrogens is 274 g/mol. The minimum Gasteiger partial charge on any atom is -0.481 e. The van der Waals surface area contributed by atoms with Gasteiger partial charge in [0.25, 0.3) is 0 Å². The van der Waals surface area contributed by atoms with Crippen LogP contribution < -0.4 is 0 Å². The van der Waals surface area contributed by atoms with E-state index < -0.39 is 5.97 Å². The standard InChI is InChI=1S/C16H17NO2.ClH/c1-12(15-3-2-10-17-11-15)14-7-4-13(5-8-14)6-9-16(18)19;/h2-5,7-8,10-12H,6,9H2,1H3,(H,18,19);1H. The van der Waals surface area contributed by atoms with Gasteiger partial charge in [0.15, 0.2) is 0 Å². The minimum absolute atomic E-state index is 0. The van der Waals surface area contributed by atoms with Gasteiger partial charge in [-0.2, -0.15) is 0 Å². The number of benzene rings is 1. The number of aromatic nitrogens is 1. The van der Waals surface area contributed by atoms with Crippen molar-refractivity contribution < 1.29 is 9.90 Å². The molecular formula is C16H18ClNO2. The third kappa shape index (κ3) is 4.35. The van der Waals surface area contributed by atoms with E-state index in [-0.39, 0.29) is 18.8 Å². The molecule has 1 unspecified atom stereocenters.